The summed E-state index contributed by atoms with van der Waals surface area (Å²) in [7, 11) is 0. The highest BCUT2D eigenvalue weighted by Gasteiger charge is 2.11. The summed E-state index contributed by atoms with van der Waals surface area (Å²) < 4.78 is 14.6. The molecule has 2 aromatic heterocycles. The molecule has 0 atom stereocenters. The summed E-state index contributed by atoms with van der Waals surface area (Å²) >= 11 is 0. The number of carbonyl (C=O) groups is 1. The van der Waals surface area contributed by atoms with E-state index in [1.807, 2.05) is 0 Å². The number of imidazole rings is 1. The van der Waals surface area contributed by atoms with Crippen molar-refractivity contribution in [1.82, 2.24) is 9.38 Å². The van der Waals surface area contributed by atoms with Crippen molar-refractivity contribution in [2.75, 3.05) is 5.32 Å². The van der Waals surface area contributed by atoms with E-state index in [2.05, 4.69) is 10.3 Å². The first-order valence-electron chi connectivity index (χ1n) is 6.69. The third-order valence-electron chi connectivity index (χ3n) is 3.15. The molecule has 0 bridgehead atoms. The smallest absolute Gasteiger partial charge is 0.271 e. The molecular formula is C15H11FN4O3. The molecule has 0 aliphatic heterocycles. The molecule has 7 nitrogen and oxygen atoms in total. The fourth-order valence-electron chi connectivity index (χ4n) is 2.17. The lowest BCUT2D eigenvalue weighted by molar-refractivity contribution is -0.384. The van der Waals surface area contributed by atoms with Crippen LogP contribution in [0.2, 0.25) is 0 Å². The highest BCUT2D eigenvalue weighted by atomic mass is 19.1. The maximum absolute atomic E-state index is 13.1. The molecule has 1 aromatic carbocycles. The fourth-order valence-corrected chi connectivity index (χ4v) is 2.17. The van der Waals surface area contributed by atoms with E-state index in [0.29, 0.717) is 17.0 Å². The minimum atomic E-state index is -0.535. The molecule has 3 rings (SSSR count). The summed E-state index contributed by atoms with van der Waals surface area (Å²) in [5, 5.41) is 13.3. The van der Waals surface area contributed by atoms with Crippen LogP contribution >= 0.6 is 0 Å². The van der Waals surface area contributed by atoms with Crippen LogP contribution in [0.4, 0.5) is 15.8 Å². The molecule has 0 fully saturated rings. The molecule has 0 aliphatic carbocycles. The van der Waals surface area contributed by atoms with Crippen molar-refractivity contribution in [2.24, 2.45) is 0 Å². The van der Waals surface area contributed by atoms with Crippen molar-refractivity contribution in [3.8, 4) is 0 Å². The molecule has 116 valence electrons. The number of nitrogens with one attached hydrogen (secondary N) is 1. The number of aromatic nitrogens is 2. The molecule has 0 saturated carbocycles. The van der Waals surface area contributed by atoms with Gasteiger partial charge in [-0.3, -0.25) is 14.9 Å². The van der Waals surface area contributed by atoms with Crippen LogP contribution in [-0.4, -0.2) is 20.2 Å². The van der Waals surface area contributed by atoms with Crippen molar-refractivity contribution >= 4 is 22.9 Å². The predicted octanol–water partition coefficient (Wildman–Crippen LogP) is 2.56. The van der Waals surface area contributed by atoms with Gasteiger partial charge in [0.2, 0.25) is 5.91 Å². The van der Waals surface area contributed by atoms with Crippen LogP contribution in [0.1, 0.15) is 5.69 Å². The highest BCUT2D eigenvalue weighted by molar-refractivity contribution is 5.92. The zero-order valence-corrected chi connectivity index (χ0v) is 11.8. The van der Waals surface area contributed by atoms with E-state index in [-0.39, 0.29) is 18.0 Å². The largest absolute Gasteiger partial charge is 0.325 e. The zero-order chi connectivity index (χ0) is 16.4. The van der Waals surface area contributed by atoms with Gasteiger partial charge in [-0.1, -0.05) is 6.07 Å². The van der Waals surface area contributed by atoms with Gasteiger partial charge in [0.25, 0.3) is 5.69 Å². The summed E-state index contributed by atoms with van der Waals surface area (Å²) in [6.45, 7) is 0. The van der Waals surface area contributed by atoms with Crippen molar-refractivity contribution in [2.45, 2.75) is 6.42 Å². The van der Waals surface area contributed by atoms with Crippen LogP contribution < -0.4 is 5.32 Å². The zero-order valence-electron chi connectivity index (χ0n) is 11.8. The second-order valence-electron chi connectivity index (χ2n) is 4.88. The van der Waals surface area contributed by atoms with E-state index in [1.165, 1.54) is 40.9 Å². The normalized spacial score (nSPS) is 10.7. The number of nitrogens with zero attached hydrogens (tertiary/aromatic N) is 3. The summed E-state index contributed by atoms with van der Waals surface area (Å²) in [4.78, 5) is 26.4. The first-order valence-corrected chi connectivity index (χ1v) is 6.69. The van der Waals surface area contributed by atoms with Gasteiger partial charge in [0.1, 0.15) is 11.5 Å². The highest BCUT2D eigenvalue weighted by Crippen LogP contribution is 2.17. The average molecular weight is 314 g/mol. The molecule has 1 N–H and O–H groups in total. The summed E-state index contributed by atoms with van der Waals surface area (Å²) in [5.74, 6) is -0.767. The monoisotopic (exact) mass is 314 g/mol. The Morgan fingerprint density at radius 2 is 2.13 bits per heavy atom. The number of non-ortho nitro benzene ring substituents is 1. The van der Waals surface area contributed by atoms with Crippen LogP contribution in [0.15, 0.2) is 48.8 Å². The first kappa shape index (κ1) is 14.6. The van der Waals surface area contributed by atoms with Gasteiger partial charge in [0.05, 0.1) is 17.0 Å². The number of halogens is 1. The Morgan fingerprint density at radius 3 is 2.91 bits per heavy atom. The molecule has 2 heterocycles. The van der Waals surface area contributed by atoms with Gasteiger partial charge in [-0.15, -0.1) is 0 Å². The Balaban J connectivity index is 1.73. The van der Waals surface area contributed by atoms with Crippen LogP contribution in [-0.2, 0) is 11.2 Å². The Kier molecular flexibility index (Phi) is 3.71. The SMILES string of the molecule is O=C(Cc1cn2cc(F)ccc2n1)Nc1cccc([N+](=O)[O-])c1. The van der Waals surface area contributed by atoms with Gasteiger partial charge in [-0.05, 0) is 18.2 Å². The van der Waals surface area contributed by atoms with E-state index in [0.717, 1.165) is 0 Å². The first-order chi connectivity index (χ1) is 11.0. The van der Waals surface area contributed by atoms with Gasteiger partial charge >= 0.3 is 0 Å². The quantitative estimate of drug-likeness (QED) is 0.592. The number of carbonyl (C=O) groups excluding carboxylic acids is 1. The molecule has 0 spiro atoms. The molecule has 0 aliphatic rings. The average Bonchev–Trinajstić information content (AvgIpc) is 2.88. The van der Waals surface area contributed by atoms with E-state index in [4.69, 9.17) is 0 Å². The van der Waals surface area contributed by atoms with Crippen LogP contribution in [0.25, 0.3) is 5.65 Å². The molecule has 0 radical (unpaired) electrons. The number of hydrogen-bond donors (Lipinski definition) is 1. The number of pyridine rings is 1. The number of nitro benzene ring substituents is 1. The van der Waals surface area contributed by atoms with Gasteiger partial charge in [0.15, 0.2) is 0 Å². The summed E-state index contributed by atoms with van der Waals surface area (Å²) in [6, 6.07) is 8.46. The van der Waals surface area contributed by atoms with E-state index in [1.54, 1.807) is 12.3 Å². The second kappa shape index (κ2) is 5.84. The summed E-state index contributed by atoms with van der Waals surface area (Å²) in [5.41, 5.74) is 1.23. The predicted molar refractivity (Wildman–Crippen MR) is 80.6 cm³/mol. The van der Waals surface area contributed by atoms with Gasteiger partial charge in [-0.25, -0.2) is 9.37 Å². The number of fused-ring (bicyclic) bond motifs is 1. The maximum Gasteiger partial charge on any atom is 0.271 e. The number of amides is 1. The Hall–Kier alpha value is -3.29. The Bertz CT molecular complexity index is 907. The maximum atomic E-state index is 13.1. The van der Waals surface area contributed by atoms with Gasteiger partial charge < -0.3 is 9.72 Å². The molecule has 23 heavy (non-hydrogen) atoms. The lowest BCUT2D eigenvalue weighted by Gasteiger charge is -2.03. The lowest BCUT2D eigenvalue weighted by Crippen LogP contribution is -2.14. The van der Waals surface area contributed by atoms with Crippen LogP contribution in [0, 0.1) is 15.9 Å². The second-order valence-corrected chi connectivity index (χ2v) is 4.88. The van der Waals surface area contributed by atoms with Crippen molar-refractivity contribution in [1.29, 1.82) is 0 Å². The van der Waals surface area contributed by atoms with E-state index < -0.39 is 10.7 Å². The van der Waals surface area contributed by atoms with Crippen molar-refractivity contribution in [3.05, 3.63) is 70.4 Å². The molecule has 1 amide bonds. The third kappa shape index (κ3) is 3.31. The topological polar surface area (TPSA) is 89.5 Å². The van der Waals surface area contributed by atoms with Gasteiger partial charge in [0, 0.05) is 30.2 Å². The molecule has 8 heteroatoms. The number of nitro groups is 1. The minimum Gasteiger partial charge on any atom is -0.325 e. The number of hydrogen-bond acceptors (Lipinski definition) is 4. The van der Waals surface area contributed by atoms with Crippen LogP contribution in [0.5, 0.6) is 0 Å². The van der Waals surface area contributed by atoms with Crippen LogP contribution in [0.3, 0.4) is 0 Å². The standard InChI is InChI=1S/C15H11FN4O3/c16-10-4-5-14-17-12(9-19(14)8-10)7-15(21)18-11-2-1-3-13(6-11)20(22)23/h1-6,8-9H,7H2,(H,18,21). The van der Waals surface area contributed by atoms with E-state index in [9.17, 15) is 19.3 Å². The van der Waals surface area contributed by atoms with Crippen molar-refractivity contribution < 1.29 is 14.1 Å². The third-order valence-corrected chi connectivity index (χ3v) is 3.15. The lowest BCUT2D eigenvalue weighted by atomic mass is 10.2. The molecular weight excluding hydrogens is 303 g/mol. The minimum absolute atomic E-state index is 0.0218. The van der Waals surface area contributed by atoms with Gasteiger partial charge in [-0.2, -0.15) is 0 Å². The molecule has 0 unspecified atom stereocenters. The molecule has 3 aromatic rings. The molecule has 0 saturated heterocycles. The fraction of sp³-hybridized carbons (Fsp3) is 0.0667. The number of benzene rings is 1. The Morgan fingerprint density at radius 1 is 1.30 bits per heavy atom. The Labute approximate surface area is 129 Å². The summed E-state index contributed by atoms with van der Waals surface area (Å²) in [6.07, 6.45) is 2.81. The number of rotatable bonds is 4. The number of anilines is 1. The van der Waals surface area contributed by atoms with Crippen molar-refractivity contribution in [3.63, 3.8) is 0 Å². The van der Waals surface area contributed by atoms with E-state index >= 15 is 0 Å².